The Morgan fingerprint density at radius 1 is 1.19 bits per heavy atom. The quantitative estimate of drug-likeness (QED) is 0.761. The van der Waals surface area contributed by atoms with Crippen molar-refractivity contribution in [3.8, 4) is 0 Å². The average molecular weight is 228 g/mol. The molecule has 2 saturated heterocycles. The van der Waals surface area contributed by atoms with E-state index in [4.69, 9.17) is 9.47 Å². The van der Waals surface area contributed by atoms with E-state index in [0.29, 0.717) is 6.10 Å². The molecule has 0 bridgehead atoms. The van der Waals surface area contributed by atoms with Crippen molar-refractivity contribution in [2.45, 2.75) is 64.4 Å². The predicted octanol–water partition coefficient (Wildman–Crippen LogP) is 0.985. The van der Waals surface area contributed by atoms with E-state index in [1.54, 1.807) is 4.90 Å². The Balaban J connectivity index is 1.84. The third kappa shape index (κ3) is 3.44. The van der Waals surface area contributed by atoms with Crippen LogP contribution in [0.2, 0.25) is 0 Å². The van der Waals surface area contributed by atoms with E-state index in [-0.39, 0.29) is 11.9 Å². The minimum atomic E-state index is -0.0163. The van der Waals surface area contributed by atoms with Crippen LogP contribution in [0.3, 0.4) is 0 Å². The molecule has 2 aliphatic heterocycles. The molecule has 1 N–H and O–H groups in total. The minimum Gasteiger partial charge on any atom is -0.344 e. The van der Waals surface area contributed by atoms with Gasteiger partial charge in [-0.05, 0) is 40.0 Å². The Morgan fingerprint density at radius 3 is 2.50 bits per heavy atom. The molecule has 0 aromatic carbocycles. The molecular weight excluding hydrogens is 202 g/mol. The number of likely N-dealkylation sites (tertiary alicyclic amines) is 1. The van der Waals surface area contributed by atoms with Crippen molar-refractivity contribution in [3.63, 3.8) is 0 Å². The van der Waals surface area contributed by atoms with Crippen molar-refractivity contribution < 1.29 is 14.4 Å². The summed E-state index contributed by atoms with van der Waals surface area (Å²) in [5.74, 6) is 0. The van der Waals surface area contributed by atoms with Gasteiger partial charge >= 0.3 is 0 Å². The average Bonchev–Trinajstić information content (AvgIpc) is 2.15. The minimum absolute atomic E-state index is 0.00634. The maximum atomic E-state index is 6.00. The predicted molar refractivity (Wildman–Crippen MR) is 63.5 cm³/mol. The van der Waals surface area contributed by atoms with Gasteiger partial charge in [-0.15, -0.1) is 0 Å². The zero-order valence-corrected chi connectivity index (χ0v) is 10.9. The van der Waals surface area contributed by atoms with Crippen LogP contribution in [0.5, 0.6) is 0 Å². The second-order valence-corrected chi connectivity index (χ2v) is 5.97. The Hall–Kier alpha value is -0.120. The van der Waals surface area contributed by atoms with Crippen LogP contribution in [0.15, 0.2) is 0 Å². The Labute approximate surface area is 99.1 Å². The van der Waals surface area contributed by atoms with Crippen LogP contribution in [0.25, 0.3) is 0 Å². The first-order chi connectivity index (χ1) is 7.55. The molecule has 0 amide bonds. The lowest BCUT2D eigenvalue weighted by atomic mass is 10.00. The molecule has 2 atom stereocenters. The van der Waals surface area contributed by atoms with E-state index < -0.39 is 0 Å². The van der Waals surface area contributed by atoms with Crippen LogP contribution in [0.1, 0.15) is 46.5 Å². The normalized spacial score (nSPS) is 36.2. The van der Waals surface area contributed by atoms with Gasteiger partial charge in [0.15, 0.2) is 0 Å². The first-order valence-corrected chi connectivity index (χ1v) is 6.72. The summed E-state index contributed by atoms with van der Waals surface area (Å²) in [6.45, 7) is 10.1. The highest BCUT2D eigenvalue weighted by atomic mass is 16.7. The second kappa shape index (κ2) is 5.03. The van der Waals surface area contributed by atoms with Crippen LogP contribution in [-0.2, 0) is 9.47 Å². The lowest BCUT2D eigenvalue weighted by Crippen LogP contribution is -3.14. The molecule has 0 spiro atoms. The molecule has 2 fully saturated rings. The van der Waals surface area contributed by atoms with Crippen LogP contribution in [0, 0.1) is 0 Å². The van der Waals surface area contributed by atoms with Crippen molar-refractivity contribution in [1.82, 2.24) is 0 Å². The molecule has 2 rings (SSSR count). The fourth-order valence-corrected chi connectivity index (χ4v) is 3.01. The van der Waals surface area contributed by atoms with Gasteiger partial charge in [-0.2, -0.15) is 0 Å². The molecule has 0 radical (unpaired) electrons. The van der Waals surface area contributed by atoms with Gasteiger partial charge < -0.3 is 14.4 Å². The van der Waals surface area contributed by atoms with Crippen molar-refractivity contribution in [3.05, 3.63) is 0 Å². The summed E-state index contributed by atoms with van der Waals surface area (Å²) in [4.78, 5) is 1.65. The van der Waals surface area contributed by atoms with Crippen molar-refractivity contribution in [2.75, 3.05) is 19.6 Å². The fraction of sp³-hybridized carbons (Fsp3) is 1.00. The molecular formula is C13H26NO2+. The zero-order valence-electron chi connectivity index (χ0n) is 10.9. The van der Waals surface area contributed by atoms with Gasteiger partial charge in [-0.3, -0.25) is 0 Å². The molecule has 0 aromatic rings. The standard InChI is InChI=1S/C13H25NO2/c1-11-9-13(2,3)16-12(15-11)10-14-7-5-4-6-8-14/h11-12H,4-10H2,1-3H3/p+1/t11-,12+/m0/s1. The lowest BCUT2D eigenvalue weighted by molar-refractivity contribution is -0.911. The molecule has 16 heavy (non-hydrogen) atoms. The largest absolute Gasteiger partial charge is 0.344 e. The number of rotatable bonds is 2. The van der Waals surface area contributed by atoms with Gasteiger partial charge in [0.25, 0.3) is 0 Å². The van der Waals surface area contributed by atoms with Crippen molar-refractivity contribution >= 4 is 0 Å². The molecule has 3 nitrogen and oxygen atoms in total. The monoisotopic (exact) mass is 228 g/mol. The summed E-state index contributed by atoms with van der Waals surface area (Å²) < 4.78 is 11.9. The molecule has 0 aromatic heterocycles. The maximum absolute atomic E-state index is 6.00. The highest BCUT2D eigenvalue weighted by molar-refractivity contribution is 4.77. The number of hydrogen-bond acceptors (Lipinski definition) is 2. The number of piperidine rings is 1. The summed E-state index contributed by atoms with van der Waals surface area (Å²) in [7, 11) is 0. The van der Waals surface area contributed by atoms with Crippen LogP contribution < -0.4 is 4.90 Å². The van der Waals surface area contributed by atoms with Gasteiger partial charge in [0, 0.05) is 6.42 Å². The number of quaternary nitrogens is 1. The summed E-state index contributed by atoms with van der Waals surface area (Å²) in [6, 6.07) is 0. The molecule has 2 aliphatic rings. The topological polar surface area (TPSA) is 22.9 Å². The second-order valence-electron chi connectivity index (χ2n) is 5.97. The van der Waals surface area contributed by atoms with Crippen LogP contribution in [-0.4, -0.2) is 37.6 Å². The van der Waals surface area contributed by atoms with E-state index in [1.807, 2.05) is 0 Å². The van der Waals surface area contributed by atoms with E-state index in [0.717, 1.165) is 13.0 Å². The highest BCUT2D eigenvalue weighted by Gasteiger charge is 2.35. The van der Waals surface area contributed by atoms with Gasteiger partial charge in [0.2, 0.25) is 6.29 Å². The van der Waals surface area contributed by atoms with Gasteiger partial charge in [-0.25, -0.2) is 0 Å². The van der Waals surface area contributed by atoms with Crippen molar-refractivity contribution in [2.24, 2.45) is 0 Å². The first kappa shape index (κ1) is 12.3. The van der Waals surface area contributed by atoms with E-state index >= 15 is 0 Å². The number of hydrogen-bond donors (Lipinski definition) is 1. The lowest BCUT2D eigenvalue weighted by Gasteiger charge is -2.40. The Bertz CT molecular complexity index is 224. The molecule has 2 heterocycles. The van der Waals surface area contributed by atoms with E-state index in [9.17, 15) is 0 Å². The van der Waals surface area contributed by atoms with Gasteiger partial charge in [-0.1, -0.05) is 0 Å². The van der Waals surface area contributed by atoms with Gasteiger partial charge in [0.05, 0.1) is 24.8 Å². The Kier molecular flexibility index (Phi) is 3.88. The van der Waals surface area contributed by atoms with Gasteiger partial charge in [0.1, 0.15) is 6.54 Å². The van der Waals surface area contributed by atoms with Crippen LogP contribution >= 0.6 is 0 Å². The first-order valence-electron chi connectivity index (χ1n) is 6.72. The molecule has 3 heteroatoms. The number of ether oxygens (including phenoxy) is 2. The molecule has 0 unspecified atom stereocenters. The summed E-state index contributed by atoms with van der Waals surface area (Å²) >= 11 is 0. The summed E-state index contributed by atoms with van der Waals surface area (Å²) in [5, 5.41) is 0. The molecule has 0 saturated carbocycles. The fourth-order valence-electron chi connectivity index (χ4n) is 3.01. The highest BCUT2D eigenvalue weighted by Crippen LogP contribution is 2.26. The maximum Gasteiger partial charge on any atom is 0.208 e. The van der Waals surface area contributed by atoms with Crippen molar-refractivity contribution in [1.29, 1.82) is 0 Å². The van der Waals surface area contributed by atoms with Crippen LogP contribution in [0.4, 0.5) is 0 Å². The van der Waals surface area contributed by atoms with E-state index in [1.165, 1.54) is 32.4 Å². The smallest absolute Gasteiger partial charge is 0.208 e. The third-order valence-electron chi connectivity index (χ3n) is 3.63. The molecule has 94 valence electrons. The summed E-state index contributed by atoms with van der Waals surface area (Å²) in [6.07, 6.45) is 5.46. The summed E-state index contributed by atoms with van der Waals surface area (Å²) in [5.41, 5.74) is -0.0163. The Morgan fingerprint density at radius 2 is 1.88 bits per heavy atom. The third-order valence-corrected chi connectivity index (χ3v) is 3.63. The molecule has 0 aliphatic carbocycles. The number of nitrogens with one attached hydrogen (secondary N) is 1. The zero-order chi connectivity index (χ0) is 11.6. The van der Waals surface area contributed by atoms with E-state index in [2.05, 4.69) is 20.8 Å². The SMILES string of the molecule is C[C@H]1CC(C)(C)O[C@H](C[NH+]2CCCCC2)O1.